The van der Waals surface area contributed by atoms with Gasteiger partial charge in [0.1, 0.15) is 0 Å². The van der Waals surface area contributed by atoms with Crippen molar-refractivity contribution in [1.82, 2.24) is 9.88 Å². The number of hydrogen-bond donors (Lipinski definition) is 1. The predicted molar refractivity (Wildman–Crippen MR) is 60.8 cm³/mol. The summed E-state index contributed by atoms with van der Waals surface area (Å²) < 4.78 is 0. The van der Waals surface area contributed by atoms with Gasteiger partial charge in [0, 0.05) is 13.2 Å². The van der Waals surface area contributed by atoms with Gasteiger partial charge in [0.2, 0.25) is 0 Å². The van der Waals surface area contributed by atoms with Crippen molar-refractivity contribution in [2.75, 3.05) is 18.5 Å². The second kappa shape index (κ2) is 4.08. The van der Waals surface area contributed by atoms with Crippen molar-refractivity contribution in [3.8, 4) is 0 Å². The van der Waals surface area contributed by atoms with Crippen molar-refractivity contribution < 1.29 is 9.90 Å². The maximum atomic E-state index is 11.7. The smallest absolute Gasteiger partial charge is 0.327 e. The summed E-state index contributed by atoms with van der Waals surface area (Å²) in [6, 6.07) is 1.13. The molecule has 1 N–H and O–H groups in total. The van der Waals surface area contributed by atoms with Gasteiger partial charge in [-0.2, -0.15) is 0 Å². The summed E-state index contributed by atoms with van der Waals surface area (Å²) in [5.74, 6) is 0.216. The lowest BCUT2D eigenvalue weighted by molar-refractivity contribution is 0.183. The molecule has 0 bridgehead atoms. The number of hydrogen-bond acceptors (Lipinski definition) is 3. The van der Waals surface area contributed by atoms with Gasteiger partial charge < -0.3 is 10.0 Å². The van der Waals surface area contributed by atoms with Gasteiger partial charge in [-0.05, 0) is 6.07 Å². The summed E-state index contributed by atoms with van der Waals surface area (Å²) in [5, 5.41) is 10.3. The Hall–Kier alpha value is -1.04. The van der Waals surface area contributed by atoms with Crippen LogP contribution in [0.25, 0.3) is 0 Å². The number of aliphatic hydroxyl groups excluding tert-OH is 1. The SMILES string of the molecule is CN1CC(O)N(c2ncc(Cl)cc2Cl)C1=O. The Balaban J connectivity index is 2.40. The van der Waals surface area contributed by atoms with E-state index in [1.165, 1.54) is 17.2 Å². The molecule has 86 valence electrons. The van der Waals surface area contributed by atoms with E-state index in [0.717, 1.165) is 4.90 Å². The Bertz CT molecular complexity index is 441. The summed E-state index contributed by atoms with van der Waals surface area (Å²) >= 11 is 11.6. The van der Waals surface area contributed by atoms with E-state index in [1.54, 1.807) is 7.05 Å². The molecule has 1 aliphatic heterocycles. The van der Waals surface area contributed by atoms with Crippen LogP contribution in [-0.2, 0) is 0 Å². The van der Waals surface area contributed by atoms with E-state index in [0.29, 0.717) is 5.02 Å². The number of urea groups is 1. The summed E-state index contributed by atoms with van der Waals surface area (Å²) in [5.41, 5.74) is 0. The Morgan fingerprint density at radius 3 is 2.75 bits per heavy atom. The number of halogens is 2. The van der Waals surface area contributed by atoms with E-state index >= 15 is 0 Å². The number of amides is 2. The van der Waals surface area contributed by atoms with Crippen LogP contribution >= 0.6 is 23.2 Å². The molecule has 1 aliphatic rings. The fourth-order valence-corrected chi connectivity index (χ4v) is 2.00. The van der Waals surface area contributed by atoms with E-state index in [-0.39, 0.29) is 23.4 Å². The summed E-state index contributed by atoms with van der Waals surface area (Å²) in [6.07, 6.45) is 0.435. The second-order valence-electron chi connectivity index (χ2n) is 3.47. The highest BCUT2D eigenvalue weighted by Crippen LogP contribution is 2.29. The predicted octanol–water partition coefficient (Wildman–Crippen LogP) is 1.58. The first-order valence-electron chi connectivity index (χ1n) is 4.54. The van der Waals surface area contributed by atoms with Gasteiger partial charge >= 0.3 is 6.03 Å². The first-order valence-corrected chi connectivity index (χ1v) is 5.29. The minimum absolute atomic E-state index is 0.216. The average Bonchev–Trinajstić information content (AvgIpc) is 2.43. The number of anilines is 1. The topological polar surface area (TPSA) is 56.7 Å². The van der Waals surface area contributed by atoms with Crippen molar-refractivity contribution in [1.29, 1.82) is 0 Å². The Morgan fingerprint density at radius 2 is 2.25 bits per heavy atom. The molecular weight excluding hydrogens is 253 g/mol. The zero-order valence-electron chi connectivity index (χ0n) is 8.39. The molecule has 0 saturated carbocycles. The Morgan fingerprint density at radius 1 is 1.56 bits per heavy atom. The molecule has 0 aliphatic carbocycles. The molecule has 5 nitrogen and oxygen atoms in total. The molecule has 0 radical (unpaired) electrons. The van der Waals surface area contributed by atoms with Crippen LogP contribution in [-0.4, -0.2) is 40.8 Å². The fraction of sp³-hybridized carbons (Fsp3) is 0.333. The monoisotopic (exact) mass is 261 g/mol. The number of rotatable bonds is 1. The zero-order valence-corrected chi connectivity index (χ0v) is 9.90. The molecule has 0 spiro atoms. The molecule has 7 heteroatoms. The lowest BCUT2D eigenvalue weighted by atomic mass is 10.4. The van der Waals surface area contributed by atoms with Crippen molar-refractivity contribution >= 4 is 35.1 Å². The molecule has 1 aromatic heterocycles. The van der Waals surface area contributed by atoms with E-state index in [4.69, 9.17) is 23.2 Å². The van der Waals surface area contributed by atoms with Gasteiger partial charge in [0.05, 0.1) is 16.6 Å². The van der Waals surface area contributed by atoms with Gasteiger partial charge in [-0.15, -0.1) is 0 Å². The quantitative estimate of drug-likeness (QED) is 0.835. The number of β-amino-alcohol motifs (C(OH)–C–C–N with tert-alkyl or cyclic N) is 1. The van der Waals surface area contributed by atoms with Crippen molar-refractivity contribution in [2.24, 2.45) is 0 Å². The summed E-state index contributed by atoms with van der Waals surface area (Å²) in [4.78, 5) is 18.2. The number of aliphatic hydroxyl groups is 1. The summed E-state index contributed by atoms with van der Waals surface area (Å²) in [7, 11) is 1.59. The largest absolute Gasteiger partial charge is 0.371 e. The van der Waals surface area contributed by atoms with Crippen LogP contribution in [0.4, 0.5) is 10.6 Å². The molecule has 2 amide bonds. The van der Waals surface area contributed by atoms with Crippen LogP contribution in [0, 0.1) is 0 Å². The highest BCUT2D eigenvalue weighted by molar-refractivity contribution is 6.36. The van der Waals surface area contributed by atoms with E-state index in [2.05, 4.69) is 4.98 Å². The van der Waals surface area contributed by atoms with Crippen molar-refractivity contribution in [2.45, 2.75) is 6.23 Å². The fourth-order valence-electron chi connectivity index (χ4n) is 1.53. The van der Waals surface area contributed by atoms with Crippen molar-refractivity contribution in [3.05, 3.63) is 22.3 Å². The third-order valence-corrected chi connectivity index (χ3v) is 2.77. The third-order valence-electron chi connectivity index (χ3n) is 2.28. The zero-order chi connectivity index (χ0) is 11.9. The van der Waals surface area contributed by atoms with E-state index in [1.807, 2.05) is 0 Å². The molecular formula is C9H9Cl2N3O2. The number of likely N-dealkylation sites (N-methyl/N-ethyl adjacent to an activating group) is 1. The van der Waals surface area contributed by atoms with E-state index < -0.39 is 6.23 Å². The van der Waals surface area contributed by atoms with Gasteiger partial charge in [0.25, 0.3) is 0 Å². The van der Waals surface area contributed by atoms with Gasteiger partial charge in [-0.3, -0.25) is 0 Å². The number of aromatic nitrogens is 1. The Labute approximate surface area is 102 Å². The average molecular weight is 262 g/mol. The minimum Gasteiger partial charge on any atom is -0.371 e. The first-order chi connectivity index (χ1) is 7.50. The highest BCUT2D eigenvalue weighted by Gasteiger charge is 2.36. The molecule has 1 atom stereocenters. The van der Waals surface area contributed by atoms with Gasteiger partial charge in [-0.1, -0.05) is 23.2 Å². The first kappa shape index (κ1) is 11.4. The van der Waals surface area contributed by atoms with Crippen LogP contribution < -0.4 is 4.90 Å². The van der Waals surface area contributed by atoms with E-state index in [9.17, 15) is 9.90 Å². The second-order valence-corrected chi connectivity index (χ2v) is 4.32. The van der Waals surface area contributed by atoms with Crippen LogP contribution in [0.2, 0.25) is 10.0 Å². The molecule has 2 heterocycles. The van der Waals surface area contributed by atoms with Crippen LogP contribution in [0.5, 0.6) is 0 Å². The molecule has 1 saturated heterocycles. The lowest BCUT2D eigenvalue weighted by Gasteiger charge is -2.18. The number of carbonyl (C=O) groups excluding carboxylic acids is 1. The molecule has 2 rings (SSSR count). The normalized spacial score (nSPS) is 20.8. The van der Waals surface area contributed by atoms with Gasteiger partial charge in [0.15, 0.2) is 12.0 Å². The Kier molecular flexibility index (Phi) is 2.92. The number of pyridine rings is 1. The highest BCUT2D eigenvalue weighted by atomic mass is 35.5. The van der Waals surface area contributed by atoms with Gasteiger partial charge in [-0.25, -0.2) is 14.7 Å². The number of nitrogens with zero attached hydrogens (tertiary/aromatic N) is 3. The van der Waals surface area contributed by atoms with Crippen LogP contribution in [0.15, 0.2) is 12.3 Å². The third kappa shape index (κ3) is 1.81. The van der Waals surface area contributed by atoms with Crippen LogP contribution in [0.1, 0.15) is 0 Å². The lowest BCUT2D eigenvalue weighted by Crippen LogP contribution is -2.35. The standard InChI is InChI=1S/C9H9Cl2N3O2/c1-13-4-7(15)14(9(13)16)8-6(11)2-5(10)3-12-8/h2-3,7,15H,4H2,1H3. The maximum Gasteiger partial charge on any atom is 0.327 e. The molecule has 16 heavy (non-hydrogen) atoms. The number of carbonyl (C=O) groups is 1. The molecule has 0 aromatic carbocycles. The van der Waals surface area contributed by atoms with Crippen LogP contribution in [0.3, 0.4) is 0 Å². The molecule has 1 aromatic rings. The minimum atomic E-state index is -0.941. The molecule has 1 unspecified atom stereocenters. The van der Waals surface area contributed by atoms with Crippen molar-refractivity contribution in [3.63, 3.8) is 0 Å². The summed E-state index contributed by atoms with van der Waals surface area (Å²) in [6.45, 7) is 0.222. The molecule has 1 fully saturated rings. The maximum absolute atomic E-state index is 11.7.